The van der Waals surface area contributed by atoms with E-state index < -0.39 is 5.91 Å². The molecule has 0 atom stereocenters. The number of rotatable bonds is 3. The van der Waals surface area contributed by atoms with Crippen LogP contribution in [0.2, 0.25) is 10.0 Å². The molecule has 0 saturated heterocycles. The van der Waals surface area contributed by atoms with Crippen molar-refractivity contribution in [2.45, 2.75) is 13.1 Å². The Balaban J connectivity index is 1.46. The number of aromatic nitrogens is 5. The quantitative estimate of drug-likeness (QED) is 0.446. The fourth-order valence-electron chi connectivity index (χ4n) is 3.86. The fourth-order valence-corrected chi connectivity index (χ4v) is 4.34. The Morgan fingerprint density at radius 2 is 2.00 bits per heavy atom. The monoisotopic (exact) mass is 495 g/mol. The normalized spacial score (nSPS) is 12.9. The summed E-state index contributed by atoms with van der Waals surface area (Å²) in [4.78, 5) is 26.9. The van der Waals surface area contributed by atoms with Crippen LogP contribution in [0.25, 0.3) is 16.9 Å². The van der Waals surface area contributed by atoms with Gasteiger partial charge in [-0.25, -0.2) is 4.79 Å². The number of carbonyl (C=O) groups excluding carboxylic acids is 2. The van der Waals surface area contributed by atoms with Gasteiger partial charge in [-0.1, -0.05) is 23.2 Å². The number of carbonyl (C=O) groups is 2. The van der Waals surface area contributed by atoms with Crippen LogP contribution < -0.4 is 11.1 Å². The zero-order valence-corrected chi connectivity index (χ0v) is 18.9. The third kappa shape index (κ3) is 3.68. The molecule has 0 spiro atoms. The summed E-state index contributed by atoms with van der Waals surface area (Å²) in [5.41, 5.74) is 8.61. The number of nitrogens with zero attached hydrogens (tertiary/aromatic N) is 7. The SMILES string of the molecule is N#Cc1ccc(NC(=O)N2CCn3nc(-c4cc(Cl)c5nncn5c4)c(C(N)=O)c3C2)cc1Cl. The minimum absolute atomic E-state index is 0.115. The molecule has 0 saturated carbocycles. The van der Waals surface area contributed by atoms with Gasteiger partial charge in [0.05, 0.1) is 40.0 Å². The smallest absolute Gasteiger partial charge is 0.322 e. The number of halogens is 2. The number of primary amides is 1. The maximum Gasteiger partial charge on any atom is 0.322 e. The molecule has 1 aromatic carbocycles. The van der Waals surface area contributed by atoms with Gasteiger partial charge in [0.2, 0.25) is 0 Å². The Bertz CT molecular complexity index is 1520. The molecule has 4 heterocycles. The topological polar surface area (TPSA) is 147 Å². The molecule has 3 amide bonds. The maximum absolute atomic E-state index is 12.9. The van der Waals surface area contributed by atoms with Crippen LogP contribution in [0.5, 0.6) is 0 Å². The van der Waals surface area contributed by atoms with Gasteiger partial charge in [-0.05, 0) is 24.3 Å². The first-order chi connectivity index (χ1) is 16.4. The van der Waals surface area contributed by atoms with Gasteiger partial charge < -0.3 is 16.0 Å². The van der Waals surface area contributed by atoms with E-state index in [0.717, 1.165) is 0 Å². The molecule has 4 aromatic rings. The number of fused-ring (bicyclic) bond motifs is 2. The van der Waals surface area contributed by atoms with Crippen LogP contribution in [0, 0.1) is 11.3 Å². The standard InChI is InChI=1S/C21H15Cl2N9O2/c22-14-6-13(2-1-11(14)7-24)27-21(34)30-3-4-32-16(9-30)17(19(25)33)18(29-32)12-5-15(23)20-28-26-10-31(20)8-12/h1-2,5-6,8,10H,3-4,9H2,(H2,25,33)(H,27,34). The minimum Gasteiger partial charge on any atom is -0.365 e. The summed E-state index contributed by atoms with van der Waals surface area (Å²) >= 11 is 12.4. The summed E-state index contributed by atoms with van der Waals surface area (Å²) in [6, 6.07) is 7.85. The molecule has 0 fully saturated rings. The number of hydrogen-bond acceptors (Lipinski definition) is 6. The summed E-state index contributed by atoms with van der Waals surface area (Å²) in [6.07, 6.45) is 3.20. The van der Waals surface area contributed by atoms with Crippen molar-refractivity contribution in [1.29, 1.82) is 5.26 Å². The zero-order chi connectivity index (χ0) is 24.0. The van der Waals surface area contributed by atoms with E-state index in [2.05, 4.69) is 20.6 Å². The van der Waals surface area contributed by atoms with Crippen LogP contribution in [0.3, 0.4) is 0 Å². The van der Waals surface area contributed by atoms with Gasteiger partial charge in [0, 0.05) is 24.0 Å². The highest BCUT2D eigenvalue weighted by Crippen LogP contribution is 2.31. The van der Waals surface area contributed by atoms with Crippen molar-refractivity contribution >= 4 is 46.5 Å². The number of pyridine rings is 1. The molecule has 0 aliphatic carbocycles. The third-order valence-corrected chi connectivity index (χ3v) is 6.07. The Labute approximate surface area is 202 Å². The number of amides is 3. The molecule has 0 radical (unpaired) electrons. The second-order valence-electron chi connectivity index (χ2n) is 7.55. The highest BCUT2D eigenvalue weighted by Gasteiger charge is 2.30. The lowest BCUT2D eigenvalue weighted by Crippen LogP contribution is -2.41. The molecular weight excluding hydrogens is 481 g/mol. The van der Waals surface area contributed by atoms with Crippen molar-refractivity contribution in [3.63, 3.8) is 0 Å². The van der Waals surface area contributed by atoms with Crippen molar-refractivity contribution in [2.24, 2.45) is 5.73 Å². The van der Waals surface area contributed by atoms with Gasteiger partial charge in [0.1, 0.15) is 18.1 Å². The third-order valence-electron chi connectivity index (χ3n) is 5.47. The molecule has 0 unspecified atom stereocenters. The number of nitriles is 1. The molecule has 3 N–H and O–H groups in total. The zero-order valence-electron chi connectivity index (χ0n) is 17.4. The second-order valence-corrected chi connectivity index (χ2v) is 8.37. The predicted octanol–water partition coefficient (Wildman–Crippen LogP) is 2.92. The molecular formula is C21H15Cl2N9O2. The molecule has 5 rings (SSSR count). The predicted molar refractivity (Wildman–Crippen MR) is 123 cm³/mol. The molecule has 3 aromatic heterocycles. The van der Waals surface area contributed by atoms with Crippen LogP contribution in [0.15, 0.2) is 36.8 Å². The molecule has 170 valence electrons. The number of nitrogens with two attached hydrogens (primary N) is 1. The van der Waals surface area contributed by atoms with Crippen molar-refractivity contribution in [2.75, 3.05) is 11.9 Å². The van der Waals surface area contributed by atoms with Crippen LogP contribution in [-0.4, -0.2) is 47.8 Å². The van der Waals surface area contributed by atoms with Gasteiger partial charge in [0.15, 0.2) is 5.65 Å². The van der Waals surface area contributed by atoms with Gasteiger partial charge in [0.25, 0.3) is 5.91 Å². The van der Waals surface area contributed by atoms with Gasteiger partial charge in [-0.15, -0.1) is 10.2 Å². The summed E-state index contributed by atoms with van der Waals surface area (Å²) in [5, 5.41) is 24.7. The number of hydrogen-bond donors (Lipinski definition) is 2. The highest BCUT2D eigenvalue weighted by molar-refractivity contribution is 6.33. The summed E-state index contributed by atoms with van der Waals surface area (Å²) in [7, 11) is 0. The number of anilines is 1. The van der Waals surface area contributed by atoms with Crippen LogP contribution in [0.4, 0.5) is 10.5 Å². The van der Waals surface area contributed by atoms with E-state index in [1.165, 1.54) is 23.4 Å². The molecule has 1 aliphatic heterocycles. The van der Waals surface area contributed by atoms with Gasteiger partial charge in [-0.2, -0.15) is 10.4 Å². The summed E-state index contributed by atoms with van der Waals surface area (Å²) in [6.45, 7) is 0.830. The van der Waals surface area contributed by atoms with E-state index in [1.54, 1.807) is 27.4 Å². The van der Waals surface area contributed by atoms with E-state index in [0.29, 0.717) is 52.0 Å². The molecule has 11 nitrogen and oxygen atoms in total. The number of urea groups is 1. The Hall–Kier alpha value is -4.14. The van der Waals surface area contributed by atoms with Crippen LogP contribution in [-0.2, 0) is 13.1 Å². The average molecular weight is 496 g/mol. The van der Waals surface area contributed by atoms with Crippen molar-refractivity contribution < 1.29 is 9.59 Å². The first-order valence-corrected chi connectivity index (χ1v) is 10.8. The van der Waals surface area contributed by atoms with Crippen molar-refractivity contribution in [1.82, 2.24) is 29.3 Å². The Morgan fingerprint density at radius 1 is 1.18 bits per heavy atom. The van der Waals surface area contributed by atoms with E-state index >= 15 is 0 Å². The first kappa shape index (κ1) is 21.7. The van der Waals surface area contributed by atoms with E-state index in [1.807, 2.05) is 6.07 Å². The van der Waals surface area contributed by atoms with Gasteiger partial charge in [-0.3, -0.25) is 13.9 Å². The summed E-state index contributed by atoms with van der Waals surface area (Å²) < 4.78 is 3.30. The first-order valence-electron chi connectivity index (χ1n) is 10.00. The minimum atomic E-state index is -0.669. The van der Waals surface area contributed by atoms with E-state index in [-0.39, 0.29) is 23.2 Å². The lowest BCUT2D eigenvalue weighted by Gasteiger charge is -2.28. The highest BCUT2D eigenvalue weighted by atomic mass is 35.5. The Kier molecular flexibility index (Phi) is 5.31. The lowest BCUT2D eigenvalue weighted by molar-refractivity contribution is 0.0997. The second kappa shape index (κ2) is 8.33. The Morgan fingerprint density at radius 3 is 2.74 bits per heavy atom. The van der Waals surface area contributed by atoms with E-state index in [9.17, 15) is 9.59 Å². The van der Waals surface area contributed by atoms with Crippen molar-refractivity contribution in [3.05, 3.63) is 63.7 Å². The average Bonchev–Trinajstić information content (AvgIpc) is 3.43. The molecule has 34 heavy (non-hydrogen) atoms. The fraction of sp³-hybridized carbons (Fsp3) is 0.143. The van der Waals surface area contributed by atoms with Crippen molar-refractivity contribution in [3.8, 4) is 17.3 Å². The van der Waals surface area contributed by atoms with Crippen LogP contribution in [0.1, 0.15) is 21.6 Å². The maximum atomic E-state index is 12.9. The molecule has 0 bridgehead atoms. The number of nitrogens with one attached hydrogen (secondary N) is 1. The molecule has 13 heteroatoms. The van der Waals surface area contributed by atoms with E-state index in [4.69, 9.17) is 34.2 Å². The largest absolute Gasteiger partial charge is 0.365 e. The van der Waals surface area contributed by atoms with Crippen LogP contribution >= 0.6 is 23.2 Å². The lowest BCUT2D eigenvalue weighted by atomic mass is 10.1. The number of benzene rings is 1. The summed E-state index contributed by atoms with van der Waals surface area (Å²) in [5.74, 6) is -0.669. The van der Waals surface area contributed by atoms with Gasteiger partial charge >= 0.3 is 6.03 Å². The molecule has 1 aliphatic rings.